The van der Waals surface area contributed by atoms with Crippen LogP contribution in [0.1, 0.15) is 39.2 Å². The minimum atomic E-state index is 0.0509. The summed E-state index contributed by atoms with van der Waals surface area (Å²) in [5.74, 6) is 1.07. The van der Waals surface area contributed by atoms with Crippen LogP contribution in [-0.2, 0) is 11.2 Å². The first kappa shape index (κ1) is 15.4. The summed E-state index contributed by atoms with van der Waals surface area (Å²) in [6.07, 6.45) is 2.92. The summed E-state index contributed by atoms with van der Waals surface area (Å²) in [5, 5.41) is 2.97. The second-order valence-corrected chi connectivity index (χ2v) is 8.07. The Morgan fingerprint density at radius 1 is 1.45 bits per heavy atom. The summed E-state index contributed by atoms with van der Waals surface area (Å²) in [5.41, 5.74) is 1.97. The van der Waals surface area contributed by atoms with Crippen LogP contribution < -0.4 is 10.1 Å². The molecule has 2 rings (SSSR count). The second-order valence-electron chi connectivity index (χ2n) is 5.92. The molecule has 1 aliphatic rings. The van der Waals surface area contributed by atoms with Crippen molar-refractivity contribution in [3.05, 3.63) is 23.8 Å². The number of benzene rings is 1. The number of amides is 1. The molecule has 0 bridgehead atoms. The largest absolute Gasteiger partial charge is 0.492 e. The van der Waals surface area contributed by atoms with Gasteiger partial charge in [0.2, 0.25) is 5.91 Å². The molecule has 1 fully saturated rings. The monoisotopic (exact) mass is 339 g/mol. The first-order valence-electron chi connectivity index (χ1n) is 7.14. The van der Waals surface area contributed by atoms with Crippen LogP contribution in [0.5, 0.6) is 5.75 Å². The lowest BCUT2D eigenvalue weighted by Crippen LogP contribution is -2.16. The predicted molar refractivity (Wildman–Crippen MR) is 85.7 cm³/mol. The molecule has 1 amide bonds. The van der Waals surface area contributed by atoms with Gasteiger partial charge in [-0.1, -0.05) is 22.0 Å². The first-order valence-corrected chi connectivity index (χ1v) is 7.94. The number of nitrogens with one attached hydrogen (secondary N) is 1. The van der Waals surface area contributed by atoms with Gasteiger partial charge in [-0.25, -0.2) is 0 Å². The summed E-state index contributed by atoms with van der Waals surface area (Å²) in [6.45, 7) is 6.81. The van der Waals surface area contributed by atoms with Gasteiger partial charge in [-0.3, -0.25) is 4.79 Å². The van der Waals surface area contributed by atoms with Crippen LogP contribution in [0, 0.1) is 5.92 Å². The maximum absolute atomic E-state index is 11.9. The van der Waals surface area contributed by atoms with E-state index in [1.54, 1.807) is 0 Å². The van der Waals surface area contributed by atoms with Crippen molar-refractivity contribution in [3.63, 3.8) is 0 Å². The number of carbonyl (C=O) groups excluding carboxylic acids is 1. The number of rotatable bonds is 6. The van der Waals surface area contributed by atoms with Gasteiger partial charge in [-0.2, -0.15) is 0 Å². The smallest absolute Gasteiger partial charge is 0.227 e. The van der Waals surface area contributed by atoms with Crippen molar-refractivity contribution in [2.75, 3.05) is 11.9 Å². The molecule has 20 heavy (non-hydrogen) atoms. The summed E-state index contributed by atoms with van der Waals surface area (Å²) < 4.78 is 5.71. The van der Waals surface area contributed by atoms with E-state index < -0.39 is 0 Å². The molecule has 0 heterocycles. The zero-order chi connectivity index (χ0) is 14.8. The van der Waals surface area contributed by atoms with Gasteiger partial charge < -0.3 is 10.1 Å². The fourth-order valence-corrected chi connectivity index (χ4v) is 2.44. The van der Waals surface area contributed by atoms with Crippen LogP contribution in [0.15, 0.2) is 18.2 Å². The van der Waals surface area contributed by atoms with E-state index in [-0.39, 0.29) is 16.1 Å². The number of hydrogen-bond acceptors (Lipinski definition) is 2. The number of hydrogen-bond donors (Lipinski definition) is 1. The molecule has 1 N–H and O–H groups in total. The van der Waals surface area contributed by atoms with Crippen LogP contribution in [0.4, 0.5) is 5.69 Å². The van der Waals surface area contributed by atoms with Crippen LogP contribution in [0.2, 0.25) is 0 Å². The van der Waals surface area contributed by atoms with Crippen LogP contribution in [0.25, 0.3) is 0 Å². The molecule has 0 atom stereocenters. The third-order valence-corrected chi connectivity index (χ3v) is 3.46. The van der Waals surface area contributed by atoms with Crippen molar-refractivity contribution in [2.24, 2.45) is 5.92 Å². The maximum atomic E-state index is 11.9. The summed E-state index contributed by atoms with van der Waals surface area (Å²) >= 11 is 3.65. The Balaban J connectivity index is 2.16. The van der Waals surface area contributed by atoms with E-state index in [1.807, 2.05) is 25.1 Å². The molecule has 1 aromatic carbocycles. The number of ether oxygens (including phenoxy) is 1. The zero-order valence-electron chi connectivity index (χ0n) is 12.3. The Hall–Kier alpha value is -1.03. The fraction of sp³-hybridized carbons (Fsp3) is 0.562. The highest BCUT2D eigenvalue weighted by atomic mass is 79.9. The van der Waals surface area contributed by atoms with Gasteiger partial charge in [-0.15, -0.1) is 0 Å². The highest BCUT2D eigenvalue weighted by molar-refractivity contribution is 9.10. The summed E-state index contributed by atoms with van der Waals surface area (Å²) in [6, 6.07) is 6.02. The van der Waals surface area contributed by atoms with E-state index in [0.717, 1.165) is 30.7 Å². The third-order valence-electron chi connectivity index (χ3n) is 3.18. The molecule has 0 unspecified atom stereocenters. The molecule has 0 radical (unpaired) electrons. The average Bonchev–Trinajstić information content (AvgIpc) is 3.14. The molecule has 0 spiro atoms. The molecular weight excluding hydrogens is 318 g/mol. The van der Waals surface area contributed by atoms with E-state index in [4.69, 9.17) is 4.74 Å². The second kappa shape index (κ2) is 6.17. The lowest BCUT2D eigenvalue weighted by molar-refractivity contribution is -0.117. The van der Waals surface area contributed by atoms with Gasteiger partial charge in [-0.05, 0) is 57.7 Å². The molecule has 0 saturated heterocycles. The van der Waals surface area contributed by atoms with Crippen molar-refractivity contribution >= 4 is 27.5 Å². The molecule has 110 valence electrons. The fourth-order valence-electron chi connectivity index (χ4n) is 2.12. The third kappa shape index (κ3) is 4.51. The van der Waals surface area contributed by atoms with Crippen molar-refractivity contribution < 1.29 is 9.53 Å². The first-order chi connectivity index (χ1) is 9.39. The Morgan fingerprint density at radius 2 is 2.15 bits per heavy atom. The maximum Gasteiger partial charge on any atom is 0.227 e. The quantitative estimate of drug-likeness (QED) is 0.790. The van der Waals surface area contributed by atoms with Crippen molar-refractivity contribution in [2.45, 2.75) is 44.4 Å². The topological polar surface area (TPSA) is 38.3 Å². The molecule has 1 aliphatic carbocycles. The number of carbonyl (C=O) groups is 1. The van der Waals surface area contributed by atoms with Crippen molar-refractivity contribution in [3.8, 4) is 5.75 Å². The van der Waals surface area contributed by atoms with E-state index in [2.05, 4.69) is 35.1 Å². The minimum absolute atomic E-state index is 0.0509. The minimum Gasteiger partial charge on any atom is -0.492 e. The Bertz CT molecular complexity index is 490. The molecular formula is C16H22BrNO2. The average molecular weight is 340 g/mol. The van der Waals surface area contributed by atoms with Gasteiger partial charge in [0.15, 0.2) is 0 Å². The van der Waals surface area contributed by atoms with Gasteiger partial charge in [0.25, 0.3) is 0 Å². The molecule has 1 saturated carbocycles. The standard InChI is InChI=1S/C16H22BrNO2/c1-4-20-14-9-11(10-16(2,3)17)5-8-13(14)18-15(19)12-6-7-12/h5,8-9,12H,4,6-7,10H2,1-3H3,(H,18,19). The lowest BCUT2D eigenvalue weighted by Gasteiger charge is -2.18. The molecule has 3 nitrogen and oxygen atoms in total. The van der Waals surface area contributed by atoms with Crippen LogP contribution in [0.3, 0.4) is 0 Å². The van der Waals surface area contributed by atoms with E-state index in [9.17, 15) is 4.79 Å². The SMILES string of the molecule is CCOc1cc(CC(C)(C)Br)ccc1NC(=O)C1CC1. The normalized spacial score (nSPS) is 15.0. The summed E-state index contributed by atoms with van der Waals surface area (Å²) in [7, 11) is 0. The van der Waals surface area contributed by atoms with Gasteiger partial charge in [0.05, 0.1) is 12.3 Å². The zero-order valence-corrected chi connectivity index (χ0v) is 13.9. The van der Waals surface area contributed by atoms with E-state index in [1.165, 1.54) is 5.56 Å². The highest BCUT2D eigenvalue weighted by Crippen LogP contribution is 2.33. The molecule has 4 heteroatoms. The van der Waals surface area contributed by atoms with Gasteiger partial charge in [0.1, 0.15) is 5.75 Å². The number of alkyl halides is 1. The Labute approximate surface area is 129 Å². The molecule has 0 aliphatic heterocycles. The van der Waals surface area contributed by atoms with E-state index >= 15 is 0 Å². The molecule has 1 aromatic rings. The van der Waals surface area contributed by atoms with E-state index in [0.29, 0.717) is 6.61 Å². The lowest BCUT2D eigenvalue weighted by atomic mass is 10.0. The molecule has 0 aromatic heterocycles. The van der Waals surface area contributed by atoms with Gasteiger partial charge >= 0.3 is 0 Å². The predicted octanol–water partition coefficient (Wildman–Crippen LogP) is 4.15. The highest BCUT2D eigenvalue weighted by Gasteiger charge is 2.30. The Morgan fingerprint density at radius 3 is 2.70 bits per heavy atom. The Kier molecular flexibility index (Phi) is 4.74. The number of halogens is 1. The van der Waals surface area contributed by atoms with Crippen LogP contribution in [-0.4, -0.2) is 16.8 Å². The van der Waals surface area contributed by atoms with Crippen LogP contribution >= 0.6 is 15.9 Å². The number of anilines is 1. The van der Waals surface area contributed by atoms with Gasteiger partial charge in [0, 0.05) is 10.2 Å². The van der Waals surface area contributed by atoms with Crippen molar-refractivity contribution in [1.82, 2.24) is 0 Å². The summed E-state index contributed by atoms with van der Waals surface area (Å²) in [4.78, 5) is 11.9. The van der Waals surface area contributed by atoms with Crippen molar-refractivity contribution in [1.29, 1.82) is 0 Å².